The quantitative estimate of drug-likeness (QED) is 0.0987. The van der Waals surface area contributed by atoms with Crippen molar-refractivity contribution in [2.75, 3.05) is 33.7 Å². The van der Waals surface area contributed by atoms with Crippen molar-refractivity contribution >= 4 is 8.32 Å². The van der Waals surface area contributed by atoms with Crippen LogP contribution in [0.4, 0.5) is 0 Å². The highest BCUT2D eigenvalue weighted by Gasteiger charge is 2.52. The fraction of sp³-hybridized carbons (Fsp3) is 0.935. The Bertz CT molecular complexity index is 727. The number of methoxy groups -OCH3 is 1. The normalized spacial score (nSPS) is 28.7. The number of hydrogen-bond donors (Lipinski definition) is 1. The van der Waals surface area contributed by atoms with Gasteiger partial charge in [0.1, 0.15) is 6.79 Å². The maximum Gasteiger partial charge on any atom is 0.200 e. The molecule has 1 saturated heterocycles. The van der Waals surface area contributed by atoms with E-state index in [1.165, 1.54) is 5.57 Å². The van der Waals surface area contributed by atoms with Crippen LogP contribution in [0.25, 0.3) is 0 Å². The first kappa shape index (κ1) is 33.9. The number of hydrogen-bond acceptors (Lipinski definition) is 6. The number of aliphatic hydroxyl groups is 1. The molecule has 0 amide bonds. The summed E-state index contributed by atoms with van der Waals surface area (Å²) in [5, 5.41) is 11.4. The van der Waals surface area contributed by atoms with Gasteiger partial charge in [-0.3, -0.25) is 0 Å². The predicted octanol–water partition coefficient (Wildman–Crippen LogP) is 7.32. The van der Waals surface area contributed by atoms with E-state index < -0.39 is 20.2 Å². The summed E-state index contributed by atoms with van der Waals surface area (Å²) in [5.41, 5.74) is 2.67. The van der Waals surface area contributed by atoms with Gasteiger partial charge in [-0.2, -0.15) is 0 Å². The monoisotopic (exact) mass is 556 g/mol. The first-order chi connectivity index (χ1) is 17.6. The molecule has 224 valence electrons. The molecule has 38 heavy (non-hydrogen) atoms. The second-order valence-corrected chi connectivity index (χ2v) is 19.1. The van der Waals surface area contributed by atoms with E-state index in [1.807, 2.05) is 20.8 Å². The van der Waals surface area contributed by atoms with Crippen molar-refractivity contribution in [3.63, 3.8) is 0 Å². The molecule has 1 heterocycles. The topological polar surface area (TPSA) is 66.4 Å². The Labute approximate surface area is 235 Å². The van der Waals surface area contributed by atoms with Gasteiger partial charge in [0.05, 0.1) is 25.4 Å². The molecule has 0 bridgehead atoms. The summed E-state index contributed by atoms with van der Waals surface area (Å²) in [5.74, 6) is 0.214. The van der Waals surface area contributed by atoms with Crippen molar-refractivity contribution in [3.05, 3.63) is 11.6 Å². The second-order valence-electron chi connectivity index (χ2n) is 13.7. The van der Waals surface area contributed by atoms with Crippen LogP contribution < -0.4 is 0 Å². The van der Waals surface area contributed by atoms with Crippen LogP contribution in [-0.4, -0.2) is 65.1 Å². The maximum absolute atomic E-state index is 11.4. The molecule has 1 aliphatic heterocycles. The number of rotatable bonds is 15. The highest BCUT2D eigenvalue weighted by Crippen LogP contribution is 2.52. The Morgan fingerprint density at radius 1 is 1.00 bits per heavy atom. The minimum absolute atomic E-state index is 0.0465. The highest BCUT2D eigenvalue weighted by atomic mass is 28.4. The summed E-state index contributed by atoms with van der Waals surface area (Å²) in [4.78, 5) is 0. The molecular formula is C31H60O6Si. The predicted molar refractivity (Wildman–Crippen MR) is 158 cm³/mol. The first-order valence-corrected chi connectivity index (χ1v) is 17.2. The Kier molecular flexibility index (Phi) is 12.6. The summed E-state index contributed by atoms with van der Waals surface area (Å²) in [6, 6.07) is 0. The third-order valence-corrected chi connectivity index (χ3v) is 15.8. The standard InChI is InChI=1S/C31H60O6Si/c1-21(2)38(22(3)4,23(5)6)36-17-25(8)24(7)16-31(26(9)32)14-13-27(18-34-20-33-12)15-28(31)29-19-35-30(10,11)37-29/h15,21-26,28-29,32H,13-14,16-20H2,1-12H3/t24-,25-,26?,28+,29+,31-/m0/s1. The second kappa shape index (κ2) is 14.1. The first-order valence-electron chi connectivity index (χ1n) is 15.0. The summed E-state index contributed by atoms with van der Waals surface area (Å²) >= 11 is 0. The lowest BCUT2D eigenvalue weighted by molar-refractivity contribution is -0.156. The SMILES string of the molecule is COCOCC1=C[C@H]([C@H]2COC(C)(C)O2)[C@@](C[C@H](C)[C@@H](C)CO[Si](C(C)C)(C(C)C)C(C)C)(C(C)O)CC1. The summed E-state index contributed by atoms with van der Waals surface area (Å²) in [6.45, 7) is 26.8. The molecule has 1 aliphatic carbocycles. The third-order valence-electron chi connectivity index (χ3n) is 9.72. The van der Waals surface area contributed by atoms with Gasteiger partial charge in [-0.15, -0.1) is 0 Å². The molecule has 1 N–H and O–H groups in total. The minimum Gasteiger partial charge on any atom is -0.416 e. The molecule has 2 rings (SSSR count). The van der Waals surface area contributed by atoms with E-state index in [-0.39, 0.29) is 24.2 Å². The maximum atomic E-state index is 11.4. The van der Waals surface area contributed by atoms with E-state index in [4.69, 9.17) is 23.4 Å². The van der Waals surface area contributed by atoms with Gasteiger partial charge in [-0.05, 0) is 74.1 Å². The molecular weight excluding hydrogens is 496 g/mol. The Hall–Kier alpha value is -0.283. The molecule has 1 fully saturated rings. The van der Waals surface area contributed by atoms with Gasteiger partial charge in [-0.1, -0.05) is 61.5 Å². The van der Waals surface area contributed by atoms with Crippen molar-refractivity contribution in [2.24, 2.45) is 23.2 Å². The van der Waals surface area contributed by atoms with Gasteiger partial charge in [0.15, 0.2) is 14.1 Å². The number of ether oxygens (including phenoxy) is 4. The molecule has 0 aromatic rings. The Morgan fingerprint density at radius 3 is 2.08 bits per heavy atom. The summed E-state index contributed by atoms with van der Waals surface area (Å²) in [7, 11) is -0.281. The van der Waals surface area contributed by atoms with Crippen LogP contribution in [0.5, 0.6) is 0 Å². The van der Waals surface area contributed by atoms with Crippen LogP contribution in [0.3, 0.4) is 0 Å². The molecule has 0 spiro atoms. The van der Waals surface area contributed by atoms with Crippen LogP contribution in [0.2, 0.25) is 16.6 Å². The van der Waals surface area contributed by atoms with Crippen molar-refractivity contribution in [1.82, 2.24) is 0 Å². The average molecular weight is 557 g/mol. The zero-order valence-electron chi connectivity index (χ0n) is 26.6. The van der Waals surface area contributed by atoms with Gasteiger partial charge >= 0.3 is 0 Å². The van der Waals surface area contributed by atoms with E-state index in [2.05, 4.69) is 61.5 Å². The summed E-state index contributed by atoms with van der Waals surface area (Å²) in [6.07, 6.45) is 4.48. The van der Waals surface area contributed by atoms with Crippen molar-refractivity contribution < 1.29 is 28.5 Å². The molecule has 1 unspecified atom stereocenters. The van der Waals surface area contributed by atoms with Gasteiger partial charge in [0.2, 0.25) is 0 Å². The van der Waals surface area contributed by atoms with Crippen LogP contribution >= 0.6 is 0 Å². The fourth-order valence-electron chi connectivity index (χ4n) is 7.45. The lowest BCUT2D eigenvalue weighted by Gasteiger charge is -2.49. The summed E-state index contributed by atoms with van der Waals surface area (Å²) < 4.78 is 30.2. The number of aliphatic hydroxyl groups excluding tert-OH is 1. The van der Waals surface area contributed by atoms with Gasteiger partial charge < -0.3 is 28.5 Å². The van der Waals surface area contributed by atoms with Gasteiger partial charge in [-0.25, -0.2) is 0 Å². The van der Waals surface area contributed by atoms with E-state index in [0.29, 0.717) is 41.7 Å². The van der Waals surface area contributed by atoms with E-state index >= 15 is 0 Å². The van der Waals surface area contributed by atoms with E-state index in [9.17, 15) is 5.11 Å². The van der Waals surface area contributed by atoms with Crippen molar-refractivity contribution in [3.8, 4) is 0 Å². The molecule has 2 aliphatic rings. The zero-order valence-corrected chi connectivity index (χ0v) is 27.6. The highest BCUT2D eigenvalue weighted by molar-refractivity contribution is 6.77. The van der Waals surface area contributed by atoms with Crippen LogP contribution in [0.1, 0.15) is 95.4 Å². The lowest BCUT2D eigenvalue weighted by Crippen LogP contribution is -2.50. The fourth-order valence-corrected chi connectivity index (χ4v) is 13.0. The zero-order chi connectivity index (χ0) is 28.9. The van der Waals surface area contributed by atoms with E-state index in [0.717, 1.165) is 25.9 Å². The van der Waals surface area contributed by atoms with E-state index in [1.54, 1.807) is 7.11 Å². The van der Waals surface area contributed by atoms with Crippen molar-refractivity contribution in [1.29, 1.82) is 0 Å². The molecule has 6 atom stereocenters. The van der Waals surface area contributed by atoms with Gasteiger partial charge in [0.25, 0.3) is 0 Å². The Balaban J connectivity index is 2.29. The third kappa shape index (κ3) is 7.71. The molecule has 6 nitrogen and oxygen atoms in total. The molecule has 0 saturated carbocycles. The van der Waals surface area contributed by atoms with Gasteiger partial charge in [0, 0.05) is 25.0 Å². The average Bonchev–Trinajstić information content (AvgIpc) is 3.18. The molecule has 0 radical (unpaired) electrons. The van der Waals surface area contributed by atoms with Crippen LogP contribution in [0.15, 0.2) is 11.6 Å². The smallest absolute Gasteiger partial charge is 0.200 e. The Morgan fingerprint density at radius 2 is 1.61 bits per heavy atom. The van der Waals surface area contributed by atoms with Crippen LogP contribution in [0, 0.1) is 23.2 Å². The largest absolute Gasteiger partial charge is 0.416 e. The minimum atomic E-state index is -1.92. The van der Waals surface area contributed by atoms with Crippen molar-refractivity contribution in [2.45, 2.75) is 130 Å². The molecule has 0 aromatic carbocycles. The molecule has 7 heteroatoms. The molecule has 0 aromatic heterocycles. The van der Waals surface area contributed by atoms with Crippen LogP contribution in [-0.2, 0) is 23.4 Å². The lowest BCUT2D eigenvalue weighted by atomic mass is 9.58.